The van der Waals surface area contributed by atoms with E-state index in [2.05, 4.69) is 33.6 Å². The molecule has 0 bridgehead atoms. The van der Waals surface area contributed by atoms with Gasteiger partial charge < -0.3 is 10.4 Å². The van der Waals surface area contributed by atoms with Gasteiger partial charge in [-0.25, -0.2) is 0 Å². The highest BCUT2D eigenvalue weighted by molar-refractivity contribution is 7.20. The average molecular weight is 337 g/mol. The van der Waals surface area contributed by atoms with Gasteiger partial charge in [-0.2, -0.15) is 4.52 Å². The van der Waals surface area contributed by atoms with E-state index in [9.17, 15) is 5.11 Å². The number of hydrogen-bond acceptors (Lipinski definition) is 6. The third kappa shape index (κ3) is 2.81. The van der Waals surface area contributed by atoms with Crippen molar-refractivity contribution in [3.05, 3.63) is 65.5 Å². The fraction of sp³-hybridized carbons (Fsp3) is 0.118. The lowest BCUT2D eigenvalue weighted by molar-refractivity contribution is 0.475. The standard InChI is InChI=1S/C17H15N5OS/c1-11-4-2-3-5-14(11)18-16-21-22-15(19-20-17(22)24-16)10-12-6-8-13(23)9-7-12/h2-9,23H,10H2,1H3,(H,18,21). The summed E-state index contributed by atoms with van der Waals surface area (Å²) < 4.78 is 1.76. The van der Waals surface area contributed by atoms with Gasteiger partial charge in [0.1, 0.15) is 5.75 Å². The maximum atomic E-state index is 9.37. The first-order valence-corrected chi connectivity index (χ1v) is 8.32. The SMILES string of the molecule is Cc1ccccc1Nc1nn2c(Cc3ccc(O)cc3)nnc2s1. The fourth-order valence-corrected chi connectivity index (χ4v) is 3.21. The Morgan fingerprint density at radius 1 is 1.08 bits per heavy atom. The molecule has 0 radical (unpaired) electrons. The minimum Gasteiger partial charge on any atom is -0.508 e. The Labute approximate surface area is 142 Å². The molecule has 6 nitrogen and oxygen atoms in total. The van der Waals surface area contributed by atoms with Gasteiger partial charge in [-0.3, -0.25) is 0 Å². The third-order valence-electron chi connectivity index (χ3n) is 3.74. The summed E-state index contributed by atoms with van der Waals surface area (Å²) in [5.41, 5.74) is 3.24. The summed E-state index contributed by atoms with van der Waals surface area (Å²) in [6, 6.07) is 15.2. The van der Waals surface area contributed by atoms with Crippen molar-refractivity contribution in [1.82, 2.24) is 19.8 Å². The van der Waals surface area contributed by atoms with E-state index in [4.69, 9.17) is 0 Å². The van der Waals surface area contributed by atoms with Crippen LogP contribution in [0.2, 0.25) is 0 Å². The van der Waals surface area contributed by atoms with Gasteiger partial charge in [0.15, 0.2) is 5.82 Å². The molecule has 0 aliphatic heterocycles. The highest BCUT2D eigenvalue weighted by Gasteiger charge is 2.12. The Kier molecular flexibility index (Phi) is 3.62. The van der Waals surface area contributed by atoms with Crippen molar-refractivity contribution in [2.75, 3.05) is 5.32 Å². The van der Waals surface area contributed by atoms with Gasteiger partial charge in [-0.15, -0.1) is 15.3 Å². The van der Waals surface area contributed by atoms with Crippen LogP contribution >= 0.6 is 11.3 Å². The number of anilines is 2. The molecule has 7 heteroatoms. The number of hydrogen-bond donors (Lipinski definition) is 2. The van der Waals surface area contributed by atoms with Gasteiger partial charge in [0.2, 0.25) is 10.1 Å². The molecule has 0 spiro atoms. The number of aromatic nitrogens is 4. The van der Waals surface area contributed by atoms with Crippen LogP contribution < -0.4 is 5.32 Å². The Morgan fingerprint density at radius 2 is 1.88 bits per heavy atom. The van der Waals surface area contributed by atoms with E-state index in [1.165, 1.54) is 11.3 Å². The van der Waals surface area contributed by atoms with E-state index in [0.29, 0.717) is 6.42 Å². The third-order valence-corrected chi connectivity index (χ3v) is 4.55. The molecule has 2 N–H and O–H groups in total. The summed E-state index contributed by atoms with van der Waals surface area (Å²) in [6.45, 7) is 2.05. The predicted molar refractivity (Wildman–Crippen MR) is 94.0 cm³/mol. The number of phenols is 1. The first-order valence-electron chi connectivity index (χ1n) is 7.51. The van der Waals surface area contributed by atoms with Crippen LogP contribution in [-0.4, -0.2) is 24.9 Å². The fourth-order valence-electron chi connectivity index (χ4n) is 2.44. The monoisotopic (exact) mass is 337 g/mol. The smallest absolute Gasteiger partial charge is 0.236 e. The molecule has 0 unspecified atom stereocenters. The second-order valence-electron chi connectivity index (χ2n) is 5.50. The molecule has 0 atom stereocenters. The Balaban J connectivity index is 1.61. The summed E-state index contributed by atoms with van der Waals surface area (Å²) in [5.74, 6) is 1.02. The lowest BCUT2D eigenvalue weighted by Crippen LogP contribution is -1.99. The normalized spacial score (nSPS) is 11.0. The molecule has 24 heavy (non-hydrogen) atoms. The van der Waals surface area contributed by atoms with Crippen molar-refractivity contribution < 1.29 is 5.11 Å². The van der Waals surface area contributed by atoms with Crippen molar-refractivity contribution >= 4 is 27.1 Å². The summed E-state index contributed by atoms with van der Waals surface area (Å²) >= 11 is 1.46. The number of rotatable bonds is 4. The topological polar surface area (TPSA) is 75.3 Å². The molecule has 4 rings (SSSR count). The Morgan fingerprint density at radius 3 is 2.67 bits per heavy atom. The van der Waals surface area contributed by atoms with Crippen LogP contribution in [0.15, 0.2) is 48.5 Å². The number of phenolic OH excluding ortho intramolecular Hbond substituents is 1. The van der Waals surface area contributed by atoms with Gasteiger partial charge in [-0.05, 0) is 36.2 Å². The number of aromatic hydroxyl groups is 1. The second kappa shape index (κ2) is 5.93. The summed E-state index contributed by atoms with van der Waals surface area (Å²) in [6.07, 6.45) is 0.606. The molecule has 0 saturated carbocycles. The number of aryl methyl sites for hydroxylation is 1. The number of nitrogens with zero attached hydrogens (tertiary/aromatic N) is 4. The molecular formula is C17H15N5OS. The Bertz CT molecular complexity index is 990. The molecule has 0 saturated heterocycles. The molecular weight excluding hydrogens is 322 g/mol. The zero-order valence-corrected chi connectivity index (χ0v) is 13.8. The van der Waals surface area contributed by atoms with Crippen LogP contribution in [0.5, 0.6) is 5.75 Å². The summed E-state index contributed by atoms with van der Waals surface area (Å²) in [4.78, 5) is 0.750. The molecule has 4 aromatic rings. The van der Waals surface area contributed by atoms with Crippen LogP contribution in [0.25, 0.3) is 4.96 Å². The maximum absolute atomic E-state index is 9.37. The van der Waals surface area contributed by atoms with E-state index in [1.807, 2.05) is 30.3 Å². The first kappa shape index (κ1) is 14.6. The van der Waals surface area contributed by atoms with Crippen molar-refractivity contribution in [2.45, 2.75) is 13.3 Å². The number of fused-ring (bicyclic) bond motifs is 1. The molecule has 120 valence electrons. The number of para-hydroxylation sites is 1. The van der Waals surface area contributed by atoms with E-state index < -0.39 is 0 Å². The predicted octanol–water partition coefficient (Wildman–Crippen LogP) is 3.53. The highest BCUT2D eigenvalue weighted by Crippen LogP contribution is 2.25. The molecule has 0 aliphatic carbocycles. The number of nitrogens with one attached hydrogen (secondary N) is 1. The van der Waals surface area contributed by atoms with Crippen LogP contribution in [0, 0.1) is 6.92 Å². The van der Waals surface area contributed by atoms with Crippen molar-refractivity contribution in [2.24, 2.45) is 0 Å². The summed E-state index contributed by atoms with van der Waals surface area (Å²) in [7, 11) is 0. The van der Waals surface area contributed by atoms with Crippen LogP contribution in [0.4, 0.5) is 10.8 Å². The molecule has 0 fully saturated rings. The van der Waals surface area contributed by atoms with Crippen LogP contribution in [0.3, 0.4) is 0 Å². The lowest BCUT2D eigenvalue weighted by Gasteiger charge is -2.04. The second-order valence-corrected chi connectivity index (χ2v) is 6.46. The highest BCUT2D eigenvalue weighted by atomic mass is 32.1. The summed E-state index contributed by atoms with van der Waals surface area (Å²) in [5, 5.41) is 26.5. The Hall–Kier alpha value is -2.93. The zero-order valence-electron chi connectivity index (χ0n) is 13.0. The molecule has 0 amide bonds. The van der Waals surface area contributed by atoms with Crippen molar-refractivity contribution in [3.63, 3.8) is 0 Å². The van der Waals surface area contributed by atoms with E-state index in [1.54, 1.807) is 16.6 Å². The van der Waals surface area contributed by atoms with E-state index in [0.717, 1.165) is 32.7 Å². The van der Waals surface area contributed by atoms with Gasteiger partial charge >= 0.3 is 0 Å². The average Bonchev–Trinajstić information content (AvgIpc) is 3.13. The van der Waals surface area contributed by atoms with Gasteiger partial charge in [0.25, 0.3) is 0 Å². The minimum absolute atomic E-state index is 0.253. The van der Waals surface area contributed by atoms with Gasteiger partial charge in [0.05, 0.1) is 0 Å². The van der Waals surface area contributed by atoms with E-state index >= 15 is 0 Å². The van der Waals surface area contributed by atoms with E-state index in [-0.39, 0.29) is 5.75 Å². The quantitative estimate of drug-likeness (QED) is 0.596. The van der Waals surface area contributed by atoms with Crippen molar-refractivity contribution in [1.29, 1.82) is 0 Å². The molecule has 2 aromatic carbocycles. The zero-order chi connectivity index (χ0) is 16.5. The molecule has 2 aromatic heterocycles. The van der Waals surface area contributed by atoms with Crippen LogP contribution in [0.1, 0.15) is 17.0 Å². The van der Waals surface area contributed by atoms with Crippen LogP contribution in [-0.2, 0) is 6.42 Å². The molecule has 0 aliphatic rings. The molecule has 2 heterocycles. The minimum atomic E-state index is 0.253. The number of benzene rings is 2. The lowest BCUT2D eigenvalue weighted by atomic mass is 10.1. The first-order chi connectivity index (χ1) is 11.7. The van der Waals surface area contributed by atoms with Crippen molar-refractivity contribution in [3.8, 4) is 5.75 Å². The largest absolute Gasteiger partial charge is 0.508 e. The van der Waals surface area contributed by atoms with Gasteiger partial charge in [0, 0.05) is 12.1 Å². The van der Waals surface area contributed by atoms with Gasteiger partial charge in [-0.1, -0.05) is 41.7 Å². The maximum Gasteiger partial charge on any atom is 0.236 e.